The Hall–Kier alpha value is -5.72. The van der Waals surface area contributed by atoms with Gasteiger partial charge in [-0.25, -0.2) is 9.59 Å². The van der Waals surface area contributed by atoms with Crippen molar-refractivity contribution in [2.75, 3.05) is 34.4 Å². The molecule has 0 spiro atoms. The number of benzene rings is 5. The highest BCUT2D eigenvalue weighted by Gasteiger charge is 2.39. The summed E-state index contributed by atoms with van der Waals surface area (Å²) < 4.78 is 29.9. The maximum absolute atomic E-state index is 13.0. The van der Waals surface area contributed by atoms with E-state index in [0.717, 1.165) is 76.5 Å². The van der Waals surface area contributed by atoms with Gasteiger partial charge in [0.05, 0.1) is 40.1 Å². The smallest absolute Gasteiger partial charge is 0.328 e. The van der Waals surface area contributed by atoms with Gasteiger partial charge in [-0.05, 0) is 75.2 Å². The van der Waals surface area contributed by atoms with Crippen LogP contribution in [-0.2, 0) is 51.5 Å². The molecular weight excluding hydrogens is 747 g/mol. The molecule has 7 rings (SSSR count). The lowest BCUT2D eigenvalue weighted by atomic mass is 9.89. The summed E-state index contributed by atoms with van der Waals surface area (Å²) in [6, 6.07) is 36.5. The van der Waals surface area contributed by atoms with E-state index in [1.165, 1.54) is 18.2 Å². The van der Waals surface area contributed by atoms with Gasteiger partial charge in [0.1, 0.15) is 6.04 Å². The number of fused-ring (bicyclic) bond motifs is 1. The quantitative estimate of drug-likeness (QED) is 0.0993. The molecule has 0 aromatic heterocycles. The Morgan fingerprint density at radius 1 is 0.780 bits per heavy atom. The fraction of sp³-hybridized carbons (Fsp3) is 0.333. The summed E-state index contributed by atoms with van der Waals surface area (Å²) in [5.41, 5.74) is 9.02. The standard InChI is InChI=1S/C48H53N3O8/c1-31-44(29-51-21-20-38-25-42(55-2)43(56-3)26-40(38)28-51)58-47(59-45(31)35-18-16-33(30-52)17-19-35)39-15-9-14-37(24-39)36-13-8-12-34(22-36)27-49-48(54)50-41(46(53)57-4)23-32-10-6-5-7-11-32/h5-19,22,24-26,31,41,44-45,47,52H,20-21,23,27-30H2,1-4H3,(H2,49,50,54)/t31-,41+,44+,45+,47+/m1/s1. The number of carbonyl (C=O) groups is 2. The molecule has 0 radical (unpaired) electrons. The van der Waals surface area contributed by atoms with E-state index in [9.17, 15) is 14.7 Å². The molecule has 0 aliphatic carbocycles. The highest BCUT2D eigenvalue weighted by Crippen LogP contribution is 2.43. The fourth-order valence-corrected chi connectivity index (χ4v) is 7.98. The summed E-state index contributed by atoms with van der Waals surface area (Å²) in [6.45, 7) is 4.79. The Labute approximate surface area is 346 Å². The van der Waals surface area contributed by atoms with Crippen LogP contribution in [0.15, 0.2) is 115 Å². The first kappa shape index (κ1) is 41.4. The average molecular weight is 800 g/mol. The molecule has 2 aliphatic heterocycles. The van der Waals surface area contributed by atoms with Gasteiger partial charge in [-0.3, -0.25) is 4.90 Å². The number of methoxy groups -OCH3 is 3. The number of ether oxygens (including phenoxy) is 5. The largest absolute Gasteiger partial charge is 0.493 e. The molecule has 5 atom stereocenters. The number of amides is 2. The number of nitrogens with one attached hydrogen (secondary N) is 2. The molecule has 11 heteroatoms. The number of urea groups is 1. The Balaban J connectivity index is 1.07. The van der Waals surface area contributed by atoms with Crippen molar-refractivity contribution in [3.05, 3.63) is 154 Å². The highest BCUT2D eigenvalue weighted by atomic mass is 16.7. The van der Waals surface area contributed by atoms with Crippen molar-refractivity contribution in [1.29, 1.82) is 0 Å². The van der Waals surface area contributed by atoms with Gasteiger partial charge < -0.3 is 39.4 Å². The summed E-state index contributed by atoms with van der Waals surface area (Å²) in [5.74, 6) is 0.995. The highest BCUT2D eigenvalue weighted by molar-refractivity contribution is 5.83. The maximum Gasteiger partial charge on any atom is 0.328 e. The van der Waals surface area contributed by atoms with Crippen LogP contribution in [-0.4, -0.2) is 68.6 Å². The summed E-state index contributed by atoms with van der Waals surface area (Å²) in [6.07, 6.45) is 0.187. The first-order chi connectivity index (χ1) is 28.7. The Bertz CT molecular complexity index is 2200. The van der Waals surface area contributed by atoms with E-state index in [1.54, 1.807) is 14.2 Å². The van der Waals surface area contributed by atoms with Gasteiger partial charge in [0.2, 0.25) is 0 Å². The Morgan fingerprint density at radius 2 is 1.47 bits per heavy atom. The first-order valence-corrected chi connectivity index (χ1v) is 20.1. The minimum Gasteiger partial charge on any atom is -0.493 e. The molecule has 0 bridgehead atoms. The van der Waals surface area contributed by atoms with Crippen LogP contribution in [0, 0.1) is 5.92 Å². The van der Waals surface area contributed by atoms with Crippen LogP contribution in [0.2, 0.25) is 0 Å². The number of nitrogens with zero attached hydrogens (tertiary/aromatic N) is 1. The predicted molar refractivity (Wildman–Crippen MR) is 225 cm³/mol. The maximum atomic E-state index is 13.0. The van der Waals surface area contributed by atoms with E-state index >= 15 is 0 Å². The second-order valence-corrected chi connectivity index (χ2v) is 15.2. The third-order valence-electron chi connectivity index (χ3n) is 11.3. The minimum atomic E-state index is -0.826. The van der Waals surface area contributed by atoms with Gasteiger partial charge in [-0.1, -0.05) is 97.9 Å². The fourth-order valence-electron chi connectivity index (χ4n) is 7.98. The number of hydrogen-bond acceptors (Lipinski definition) is 9. The van der Waals surface area contributed by atoms with Gasteiger partial charge in [0, 0.05) is 44.1 Å². The lowest BCUT2D eigenvalue weighted by Crippen LogP contribution is -2.47. The van der Waals surface area contributed by atoms with E-state index in [0.29, 0.717) is 6.42 Å². The molecule has 3 N–H and O–H groups in total. The number of esters is 1. The van der Waals surface area contributed by atoms with Crippen LogP contribution >= 0.6 is 0 Å². The Morgan fingerprint density at radius 3 is 2.19 bits per heavy atom. The molecule has 2 amide bonds. The molecule has 5 aromatic carbocycles. The molecule has 2 aliphatic rings. The van der Waals surface area contributed by atoms with Crippen molar-refractivity contribution in [2.45, 2.75) is 64.0 Å². The molecule has 1 saturated heterocycles. The van der Waals surface area contributed by atoms with Crippen molar-refractivity contribution in [3.63, 3.8) is 0 Å². The second-order valence-electron chi connectivity index (χ2n) is 15.2. The lowest BCUT2D eigenvalue weighted by molar-refractivity contribution is -0.276. The van der Waals surface area contributed by atoms with Gasteiger partial charge in [-0.2, -0.15) is 0 Å². The number of carbonyl (C=O) groups excluding carboxylic acids is 2. The van der Waals surface area contributed by atoms with Crippen molar-refractivity contribution >= 4 is 12.0 Å². The van der Waals surface area contributed by atoms with Gasteiger partial charge >= 0.3 is 12.0 Å². The third-order valence-corrected chi connectivity index (χ3v) is 11.3. The van der Waals surface area contributed by atoms with Crippen LogP contribution < -0.4 is 20.1 Å². The zero-order valence-corrected chi connectivity index (χ0v) is 34.1. The molecule has 11 nitrogen and oxygen atoms in total. The summed E-state index contributed by atoms with van der Waals surface area (Å²) in [7, 11) is 4.64. The zero-order valence-electron chi connectivity index (χ0n) is 34.1. The van der Waals surface area contributed by atoms with Gasteiger partial charge in [0.15, 0.2) is 17.8 Å². The van der Waals surface area contributed by atoms with Crippen molar-refractivity contribution in [2.24, 2.45) is 5.92 Å². The molecule has 308 valence electrons. The third kappa shape index (κ3) is 10.1. The van der Waals surface area contributed by atoms with E-state index in [1.807, 2.05) is 91.0 Å². The Kier molecular flexibility index (Phi) is 13.6. The number of hydrogen-bond donors (Lipinski definition) is 3. The van der Waals surface area contributed by atoms with E-state index in [-0.39, 0.29) is 31.3 Å². The summed E-state index contributed by atoms with van der Waals surface area (Å²) in [4.78, 5) is 27.9. The van der Waals surface area contributed by atoms with Crippen LogP contribution in [0.1, 0.15) is 58.3 Å². The van der Waals surface area contributed by atoms with E-state index in [2.05, 4.69) is 46.7 Å². The van der Waals surface area contributed by atoms with E-state index in [4.69, 9.17) is 23.7 Å². The molecule has 0 unspecified atom stereocenters. The van der Waals surface area contributed by atoms with Gasteiger partial charge in [-0.15, -0.1) is 0 Å². The summed E-state index contributed by atoms with van der Waals surface area (Å²) >= 11 is 0. The molecule has 59 heavy (non-hydrogen) atoms. The summed E-state index contributed by atoms with van der Waals surface area (Å²) in [5, 5.41) is 15.4. The van der Waals surface area contributed by atoms with Crippen LogP contribution in [0.25, 0.3) is 11.1 Å². The normalized spacial score (nSPS) is 19.5. The second kappa shape index (κ2) is 19.4. The predicted octanol–water partition coefficient (Wildman–Crippen LogP) is 7.30. The molecule has 2 heterocycles. The topological polar surface area (TPSA) is 128 Å². The molecule has 0 saturated carbocycles. The molecule has 5 aromatic rings. The van der Waals surface area contributed by atoms with Crippen molar-refractivity contribution < 1.29 is 38.4 Å². The minimum absolute atomic E-state index is 0.0231. The zero-order chi connectivity index (χ0) is 41.3. The first-order valence-electron chi connectivity index (χ1n) is 20.1. The van der Waals surface area contributed by atoms with Crippen molar-refractivity contribution in [3.8, 4) is 22.6 Å². The SMILES string of the molecule is COC(=O)[C@H](Cc1ccccc1)NC(=O)NCc1cccc(-c2cccc([C@H]3O[C@@H](CN4CCc5cc(OC)c(OC)cc5C4)[C@@H](C)[C@@H](c4ccc(CO)cc4)O3)c2)c1. The molecule has 1 fully saturated rings. The monoisotopic (exact) mass is 799 g/mol. The lowest BCUT2D eigenvalue weighted by Gasteiger charge is -2.43. The van der Waals surface area contributed by atoms with E-state index < -0.39 is 24.3 Å². The average Bonchev–Trinajstić information content (AvgIpc) is 3.28. The van der Waals surface area contributed by atoms with Crippen LogP contribution in [0.4, 0.5) is 4.79 Å². The van der Waals surface area contributed by atoms with Crippen LogP contribution in [0.3, 0.4) is 0 Å². The van der Waals surface area contributed by atoms with Gasteiger partial charge in [0.25, 0.3) is 0 Å². The number of aliphatic hydroxyl groups is 1. The number of aliphatic hydroxyl groups excluding tert-OH is 1. The van der Waals surface area contributed by atoms with Crippen molar-refractivity contribution in [1.82, 2.24) is 15.5 Å². The molecular formula is C48H53N3O8. The van der Waals surface area contributed by atoms with Crippen LogP contribution in [0.5, 0.6) is 11.5 Å². The number of rotatable bonds is 14.